The molecular weight excluding hydrogens is 423 g/mol. The van der Waals surface area contributed by atoms with Gasteiger partial charge in [-0.1, -0.05) is 70.4 Å². The molecule has 178 valence electrons. The molecule has 1 atom stereocenters. The second kappa shape index (κ2) is 18.7. The normalized spacial score (nSPS) is 19.4. The molecule has 7 heteroatoms. The molecule has 0 aromatic carbocycles. The molecule has 5 nitrogen and oxygen atoms in total. The third-order valence-electron chi connectivity index (χ3n) is 5.95. The summed E-state index contributed by atoms with van der Waals surface area (Å²) in [5, 5.41) is 0. The topological polar surface area (TPSA) is 69.7 Å². The summed E-state index contributed by atoms with van der Waals surface area (Å²) in [4.78, 5) is 10.9. The molecule has 0 bridgehead atoms. The predicted molar refractivity (Wildman–Crippen MR) is 130 cm³/mol. The van der Waals surface area contributed by atoms with Crippen molar-refractivity contribution in [1.29, 1.82) is 0 Å². The van der Waals surface area contributed by atoms with Gasteiger partial charge in [0.15, 0.2) is 5.78 Å². The summed E-state index contributed by atoms with van der Waals surface area (Å²) < 4.78 is 34.7. The molecule has 1 aliphatic heterocycles. The van der Waals surface area contributed by atoms with Gasteiger partial charge in [0.2, 0.25) is 0 Å². The van der Waals surface area contributed by atoms with Gasteiger partial charge in [0.25, 0.3) is 4.93 Å². The van der Waals surface area contributed by atoms with Gasteiger partial charge in [-0.05, 0) is 44.9 Å². The summed E-state index contributed by atoms with van der Waals surface area (Å²) >= 11 is 0. The van der Waals surface area contributed by atoms with Crippen LogP contribution >= 0.6 is 0 Å². The van der Waals surface area contributed by atoms with Gasteiger partial charge in [0, 0.05) is 19.4 Å². The minimum absolute atomic E-state index is 0. The summed E-state index contributed by atoms with van der Waals surface area (Å²) in [7, 11) is -2.93. The summed E-state index contributed by atoms with van der Waals surface area (Å²) in [6, 6.07) is 0. The fourth-order valence-electron chi connectivity index (χ4n) is 4.01. The summed E-state index contributed by atoms with van der Waals surface area (Å²) in [6.07, 6.45) is 21.9. The molecule has 1 unspecified atom stereocenters. The molecule has 0 saturated carbocycles. The molecule has 1 heterocycles. The van der Waals surface area contributed by atoms with Crippen molar-refractivity contribution in [2.24, 2.45) is 0 Å². The quantitative estimate of drug-likeness (QED) is 0.110. The molecule has 1 fully saturated rings. The number of unbranched alkanes of at least 4 members (excludes halogenated alkanes) is 11. The Morgan fingerprint density at radius 1 is 0.903 bits per heavy atom. The van der Waals surface area contributed by atoms with Crippen LogP contribution in [0.3, 0.4) is 0 Å². The Bertz CT molecular complexity index is 583. The molecule has 0 spiro atoms. The van der Waals surface area contributed by atoms with Crippen LogP contribution in [0.5, 0.6) is 0 Å². The third-order valence-corrected chi connectivity index (χ3v) is 7.75. The van der Waals surface area contributed by atoms with Gasteiger partial charge in [-0.25, -0.2) is 0 Å². The average molecular weight is 469 g/mol. The van der Waals surface area contributed by atoms with E-state index in [0.717, 1.165) is 39.2 Å². The maximum absolute atomic E-state index is 12.7. The van der Waals surface area contributed by atoms with Gasteiger partial charge >= 0.3 is 39.7 Å². The third kappa shape index (κ3) is 11.8. The van der Waals surface area contributed by atoms with Crippen LogP contribution < -0.4 is 0 Å². The van der Waals surface area contributed by atoms with Gasteiger partial charge in [-0.3, -0.25) is 8.98 Å². The van der Waals surface area contributed by atoms with Crippen LogP contribution in [0.4, 0.5) is 0 Å². The van der Waals surface area contributed by atoms with E-state index in [1.807, 2.05) is 0 Å². The van der Waals surface area contributed by atoms with E-state index in [0.29, 0.717) is 19.4 Å². The van der Waals surface area contributed by atoms with Crippen LogP contribution in [0, 0.1) is 0 Å². The molecule has 0 aromatic rings. The number of rotatable bonds is 18. The minimum atomic E-state index is -4.03. The van der Waals surface area contributed by atoms with Crippen molar-refractivity contribution in [1.82, 2.24) is 0 Å². The van der Waals surface area contributed by atoms with Crippen LogP contribution in [0.25, 0.3) is 0 Å². The summed E-state index contributed by atoms with van der Waals surface area (Å²) in [5.41, 5.74) is 0. The van der Waals surface area contributed by atoms with Crippen molar-refractivity contribution >= 4 is 45.5 Å². The van der Waals surface area contributed by atoms with Crippen LogP contribution in [-0.2, 0) is 23.8 Å². The predicted octanol–water partition coefficient (Wildman–Crippen LogP) is 5.82. The first kappa shape index (κ1) is 31.3. The Morgan fingerprint density at radius 3 is 1.97 bits per heavy atom. The van der Waals surface area contributed by atoms with E-state index in [4.69, 9.17) is 4.74 Å². The van der Waals surface area contributed by atoms with Crippen molar-refractivity contribution in [3.05, 3.63) is 12.2 Å². The fourth-order valence-corrected chi connectivity index (χ4v) is 5.28. The summed E-state index contributed by atoms with van der Waals surface area (Å²) in [6.45, 7) is 2.54. The van der Waals surface area contributed by atoms with E-state index < -0.39 is 15.1 Å². The van der Waals surface area contributed by atoms with Crippen molar-refractivity contribution in [2.45, 2.75) is 121 Å². The van der Waals surface area contributed by atoms with Crippen molar-refractivity contribution in [3.63, 3.8) is 0 Å². The molecule has 0 radical (unpaired) electrons. The molecule has 1 saturated heterocycles. The molecule has 1 aliphatic rings. The van der Waals surface area contributed by atoms with E-state index in [2.05, 4.69) is 23.3 Å². The fraction of sp³-hybridized carbons (Fsp3) is 0.875. The number of Topliss-reactive ketones (excluding diaryl/α,β-unsaturated/α-hetero) is 1. The van der Waals surface area contributed by atoms with E-state index in [-0.39, 0.29) is 48.2 Å². The first-order chi connectivity index (χ1) is 14.5. The van der Waals surface area contributed by atoms with Gasteiger partial charge in [-0.2, -0.15) is 8.42 Å². The van der Waals surface area contributed by atoms with Gasteiger partial charge < -0.3 is 4.74 Å². The Morgan fingerprint density at radius 2 is 1.45 bits per heavy atom. The van der Waals surface area contributed by atoms with Crippen molar-refractivity contribution in [2.75, 3.05) is 13.7 Å². The first-order valence-electron chi connectivity index (χ1n) is 12.1. The van der Waals surface area contributed by atoms with Crippen LogP contribution in [-0.4, -0.2) is 62.4 Å². The van der Waals surface area contributed by atoms with E-state index in [9.17, 15) is 13.2 Å². The van der Waals surface area contributed by atoms with Crippen LogP contribution in [0.1, 0.15) is 116 Å². The van der Waals surface area contributed by atoms with E-state index in [1.54, 1.807) is 0 Å². The molecule has 31 heavy (non-hydrogen) atoms. The van der Waals surface area contributed by atoms with E-state index in [1.165, 1.54) is 51.4 Å². The molecule has 0 aromatic heterocycles. The zero-order valence-electron chi connectivity index (χ0n) is 19.3. The Balaban J connectivity index is 0.00000900. The van der Waals surface area contributed by atoms with E-state index >= 15 is 0 Å². The molecule has 0 N–H and O–H groups in total. The second-order valence-corrected chi connectivity index (χ2v) is 10.3. The molecule has 0 aliphatic carbocycles. The standard InChI is InChI=1S/C24H44O5S.Na.H/c1-3-4-5-6-7-8-9-10-11-12-13-14-15-16-17-20-23(25)24(30(26,27)28-2)21-18-19-22-29-24;;/h10-11H,3-9,12-22H2,1-2H3;;/b11-10-;;. The Labute approximate surface area is 213 Å². The number of allylic oxidation sites excluding steroid dienone is 2. The van der Waals surface area contributed by atoms with Crippen molar-refractivity contribution in [3.8, 4) is 0 Å². The number of hydrogen-bond acceptors (Lipinski definition) is 5. The zero-order chi connectivity index (χ0) is 22.1. The van der Waals surface area contributed by atoms with Crippen LogP contribution in [0.15, 0.2) is 12.2 Å². The first-order valence-corrected chi connectivity index (χ1v) is 13.5. The SMILES string of the molecule is CCCCCCCC/C=C\CCCCCCCC(=O)C1(S(=O)(=O)OC)CCCCO1.[NaH]. The number of carbonyl (C=O) groups is 1. The molecule has 0 amide bonds. The van der Waals surface area contributed by atoms with Gasteiger partial charge in [0.05, 0.1) is 7.11 Å². The average Bonchev–Trinajstić information content (AvgIpc) is 2.76. The van der Waals surface area contributed by atoms with Crippen molar-refractivity contribution < 1.29 is 22.1 Å². The summed E-state index contributed by atoms with van der Waals surface area (Å²) in [5.74, 6) is -0.346. The van der Waals surface area contributed by atoms with Crippen LogP contribution in [0.2, 0.25) is 0 Å². The van der Waals surface area contributed by atoms with Gasteiger partial charge in [-0.15, -0.1) is 0 Å². The monoisotopic (exact) mass is 468 g/mol. The number of ketones is 1. The van der Waals surface area contributed by atoms with Gasteiger partial charge in [0.1, 0.15) is 0 Å². The maximum atomic E-state index is 12.7. The zero-order valence-corrected chi connectivity index (χ0v) is 20.1. The number of carbonyl (C=O) groups excluding carboxylic acids is 1. The molecule has 1 rings (SSSR count). The second-order valence-electron chi connectivity index (χ2n) is 8.44. The number of hydrogen-bond donors (Lipinski definition) is 0. The number of ether oxygens (including phenoxy) is 1. The Kier molecular flexibility index (Phi) is 18.8. The Hall–Kier alpha value is 0.280. The molecular formula is C24H45NaO5S.